The molecule has 0 spiro atoms. The smallest absolute Gasteiger partial charge is 0.454 e. The van der Waals surface area contributed by atoms with E-state index in [1.54, 1.807) is 18.2 Å². The van der Waals surface area contributed by atoms with Crippen molar-refractivity contribution >= 4 is 11.7 Å². The molecule has 0 saturated carbocycles. The lowest BCUT2D eigenvalue weighted by atomic mass is 10.2. The van der Waals surface area contributed by atoms with Gasteiger partial charge in [-0.15, -0.1) is 8.78 Å². The fourth-order valence-corrected chi connectivity index (χ4v) is 2.44. The van der Waals surface area contributed by atoms with Crippen molar-refractivity contribution in [1.29, 1.82) is 0 Å². The zero-order valence-corrected chi connectivity index (χ0v) is 12.7. The van der Waals surface area contributed by atoms with Gasteiger partial charge in [0.1, 0.15) is 0 Å². The minimum atomic E-state index is -3.69. The summed E-state index contributed by atoms with van der Waals surface area (Å²) in [6.45, 7) is 0.432. The summed E-state index contributed by atoms with van der Waals surface area (Å²) in [6, 6.07) is 8.82. The second-order valence-corrected chi connectivity index (χ2v) is 5.32. The van der Waals surface area contributed by atoms with Crippen LogP contribution in [0.4, 0.5) is 19.3 Å². The number of halogens is 2. The summed E-state index contributed by atoms with van der Waals surface area (Å²) in [7, 11) is 0. The van der Waals surface area contributed by atoms with Gasteiger partial charge in [-0.05, 0) is 29.8 Å². The van der Waals surface area contributed by atoms with Crippen molar-refractivity contribution in [3.05, 3.63) is 42.0 Å². The average molecular weight is 350 g/mol. The van der Waals surface area contributed by atoms with Crippen LogP contribution in [-0.4, -0.2) is 19.1 Å². The van der Waals surface area contributed by atoms with Gasteiger partial charge in [-0.2, -0.15) is 0 Å². The lowest BCUT2D eigenvalue weighted by molar-refractivity contribution is -0.286. The molecule has 2 amide bonds. The van der Waals surface area contributed by atoms with E-state index >= 15 is 0 Å². The summed E-state index contributed by atoms with van der Waals surface area (Å²) in [5, 5.41) is 5.19. The van der Waals surface area contributed by atoms with Crippen LogP contribution >= 0.6 is 0 Å². The van der Waals surface area contributed by atoms with Crippen LogP contribution in [0.2, 0.25) is 0 Å². The molecule has 0 radical (unpaired) electrons. The van der Waals surface area contributed by atoms with Gasteiger partial charge >= 0.3 is 12.3 Å². The summed E-state index contributed by atoms with van der Waals surface area (Å²) in [4.78, 5) is 11.9. The normalized spacial score (nSPS) is 15.8. The first kappa shape index (κ1) is 15.3. The van der Waals surface area contributed by atoms with Crippen molar-refractivity contribution in [3.8, 4) is 23.0 Å². The minimum absolute atomic E-state index is 0.0867. The van der Waals surface area contributed by atoms with Gasteiger partial charge in [0.2, 0.25) is 6.79 Å². The van der Waals surface area contributed by atoms with Gasteiger partial charge in [0, 0.05) is 18.3 Å². The van der Waals surface area contributed by atoms with Crippen molar-refractivity contribution in [2.45, 2.75) is 12.8 Å². The second kappa shape index (κ2) is 5.69. The maximum absolute atomic E-state index is 13.0. The molecule has 0 aliphatic carbocycles. The summed E-state index contributed by atoms with van der Waals surface area (Å²) in [6.07, 6.45) is -3.69. The molecular weight excluding hydrogens is 338 g/mol. The first-order valence-electron chi connectivity index (χ1n) is 7.32. The molecule has 0 bridgehead atoms. The van der Waals surface area contributed by atoms with Crippen molar-refractivity contribution in [1.82, 2.24) is 5.32 Å². The van der Waals surface area contributed by atoms with E-state index in [9.17, 15) is 13.6 Å². The van der Waals surface area contributed by atoms with Crippen LogP contribution in [0.15, 0.2) is 36.4 Å². The molecule has 0 atom stereocenters. The molecule has 2 heterocycles. The molecule has 4 rings (SSSR count). The Morgan fingerprint density at radius 3 is 2.64 bits per heavy atom. The van der Waals surface area contributed by atoms with E-state index in [1.807, 2.05) is 0 Å². The van der Waals surface area contributed by atoms with Crippen LogP contribution in [0.1, 0.15) is 5.56 Å². The number of hydrogen-bond acceptors (Lipinski definition) is 5. The third kappa shape index (κ3) is 3.21. The Kier molecular flexibility index (Phi) is 3.48. The number of benzene rings is 2. The Bertz CT molecular complexity index is 843. The van der Waals surface area contributed by atoms with Crippen molar-refractivity contribution in [3.63, 3.8) is 0 Å². The largest absolute Gasteiger partial charge is 0.586 e. The first-order chi connectivity index (χ1) is 12.0. The van der Waals surface area contributed by atoms with Crippen LogP contribution in [0.3, 0.4) is 0 Å². The third-order valence-corrected chi connectivity index (χ3v) is 3.55. The van der Waals surface area contributed by atoms with Crippen molar-refractivity contribution < 1.29 is 32.5 Å². The van der Waals surface area contributed by atoms with E-state index in [4.69, 9.17) is 9.47 Å². The van der Waals surface area contributed by atoms with Crippen LogP contribution in [-0.2, 0) is 6.54 Å². The highest BCUT2D eigenvalue weighted by atomic mass is 19.3. The van der Waals surface area contributed by atoms with Crippen molar-refractivity contribution in [2.24, 2.45) is 0 Å². The van der Waals surface area contributed by atoms with E-state index in [2.05, 4.69) is 20.1 Å². The molecular formula is C16H12F2N2O5. The maximum Gasteiger partial charge on any atom is 0.586 e. The van der Waals surface area contributed by atoms with Gasteiger partial charge in [-0.1, -0.05) is 6.07 Å². The molecule has 2 aromatic carbocycles. The molecule has 2 aliphatic heterocycles. The Morgan fingerprint density at radius 2 is 1.76 bits per heavy atom. The lowest BCUT2D eigenvalue weighted by Crippen LogP contribution is -2.28. The molecule has 9 heteroatoms. The number of fused-ring (bicyclic) bond motifs is 2. The quantitative estimate of drug-likeness (QED) is 0.890. The molecule has 0 saturated heterocycles. The Labute approximate surface area is 140 Å². The SMILES string of the molecule is O=C(NCc1ccc2c(c1)OCO2)Nc1ccc2c(c1)OC(F)(F)O2. The number of ether oxygens (including phenoxy) is 4. The molecule has 7 nitrogen and oxygen atoms in total. The lowest BCUT2D eigenvalue weighted by Gasteiger charge is -2.08. The Hall–Kier alpha value is -3.23. The van der Waals surface area contributed by atoms with E-state index < -0.39 is 12.3 Å². The van der Waals surface area contributed by atoms with Gasteiger partial charge in [0.25, 0.3) is 0 Å². The predicted octanol–water partition coefficient (Wildman–Crippen LogP) is 3.06. The molecule has 0 fully saturated rings. The average Bonchev–Trinajstić information content (AvgIpc) is 3.14. The highest BCUT2D eigenvalue weighted by Crippen LogP contribution is 2.42. The second-order valence-electron chi connectivity index (χ2n) is 5.32. The molecule has 2 N–H and O–H groups in total. The number of amides is 2. The van der Waals surface area contributed by atoms with E-state index in [0.717, 1.165) is 5.56 Å². The number of nitrogens with one attached hydrogen (secondary N) is 2. The fraction of sp³-hybridized carbons (Fsp3) is 0.188. The number of urea groups is 1. The zero-order valence-electron chi connectivity index (χ0n) is 12.7. The van der Waals surface area contributed by atoms with E-state index in [0.29, 0.717) is 17.2 Å². The third-order valence-electron chi connectivity index (χ3n) is 3.55. The fourth-order valence-electron chi connectivity index (χ4n) is 2.44. The first-order valence-corrected chi connectivity index (χ1v) is 7.32. The van der Waals surface area contributed by atoms with Crippen molar-refractivity contribution in [2.75, 3.05) is 12.1 Å². The molecule has 0 aromatic heterocycles. The van der Waals surface area contributed by atoms with Gasteiger partial charge < -0.3 is 29.6 Å². The van der Waals surface area contributed by atoms with Crippen LogP contribution in [0.25, 0.3) is 0 Å². The topological polar surface area (TPSA) is 78.1 Å². The Balaban J connectivity index is 1.35. The standard InChI is InChI=1S/C16H12F2N2O5/c17-16(18)24-12-4-2-10(6-14(12)25-16)20-15(21)19-7-9-1-3-11-13(5-9)23-8-22-11/h1-6H,7-8H2,(H2,19,20,21). The van der Waals surface area contributed by atoms with Gasteiger partial charge in [0.05, 0.1) is 0 Å². The highest BCUT2D eigenvalue weighted by molar-refractivity contribution is 5.89. The van der Waals surface area contributed by atoms with Gasteiger partial charge in [-0.3, -0.25) is 0 Å². The summed E-state index contributed by atoms with van der Waals surface area (Å²) >= 11 is 0. The van der Waals surface area contributed by atoms with Gasteiger partial charge in [0.15, 0.2) is 23.0 Å². The highest BCUT2D eigenvalue weighted by Gasteiger charge is 2.43. The molecule has 25 heavy (non-hydrogen) atoms. The van der Waals surface area contributed by atoms with Crippen LogP contribution in [0.5, 0.6) is 23.0 Å². The molecule has 0 unspecified atom stereocenters. The number of carbonyl (C=O) groups excluding carboxylic acids is 1. The number of alkyl halides is 2. The molecule has 2 aliphatic rings. The zero-order chi connectivity index (χ0) is 17.4. The van der Waals surface area contributed by atoms with E-state index in [-0.39, 0.29) is 24.8 Å². The minimum Gasteiger partial charge on any atom is -0.454 e. The molecule has 130 valence electrons. The predicted molar refractivity (Wildman–Crippen MR) is 81.1 cm³/mol. The monoisotopic (exact) mass is 350 g/mol. The Morgan fingerprint density at radius 1 is 1.00 bits per heavy atom. The van der Waals surface area contributed by atoms with Crippen LogP contribution < -0.4 is 29.6 Å². The number of hydrogen-bond donors (Lipinski definition) is 2. The van der Waals surface area contributed by atoms with Gasteiger partial charge in [-0.25, -0.2) is 4.79 Å². The number of anilines is 1. The van der Waals surface area contributed by atoms with Crippen LogP contribution in [0, 0.1) is 0 Å². The maximum atomic E-state index is 13.0. The molecule has 2 aromatic rings. The summed E-state index contributed by atoms with van der Waals surface area (Å²) in [5.41, 5.74) is 1.12. The number of carbonyl (C=O) groups is 1. The summed E-state index contributed by atoms with van der Waals surface area (Å²) in [5.74, 6) is 1.05. The van der Waals surface area contributed by atoms with E-state index in [1.165, 1.54) is 18.2 Å². The number of rotatable bonds is 3. The summed E-state index contributed by atoms with van der Waals surface area (Å²) < 4.78 is 45.0.